The number of hydrogen-bond acceptors (Lipinski definition) is 3. The molecule has 4 rings (SSSR count). The summed E-state index contributed by atoms with van der Waals surface area (Å²) in [4.78, 5) is 12.4. The van der Waals surface area contributed by atoms with Crippen molar-refractivity contribution in [2.24, 2.45) is 0 Å². The third kappa shape index (κ3) is 2.14. The Balaban J connectivity index is 2.17. The lowest BCUT2D eigenvalue weighted by Gasteiger charge is -2.07. The molecule has 0 saturated carbocycles. The van der Waals surface area contributed by atoms with Crippen LogP contribution in [0.5, 0.6) is 0 Å². The van der Waals surface area contributed by atoms with Crippen molar-refractivity contribution in [1.29, 1.82) is 0 Å². The van der Waals surface area contributed by atoms with Gasteiger partial charge in [-0.3, -0.25) is 4.79 Å². The van der Waals surface area contributed by atoms with Crippen molar-refractivity contribution in [3.05, 3.63) is 76.7 Å². The topological polar surface area (TPSA) is 63.6 Å². The van der Waals surface area contributed by atoms with Gasteiger partial charge in [-0.2, -0.15) is 10.2 Å². The van der Waals surface area contributed by atoms with E-state index in [4.69, 9.17) is 0 Å². The first-order valence-electron chi connectivity index (χ1n) is 7.34. The number of para-hydroxylation sites is 1. The summed E-state index contributed by atoms with van der Waals surface area (Å²) in [7, 11) is 0. The van der Waals surface area contributed by atoms with Crippen LogP contribution in [0.25, 0.3) is 27.8 Å². The number of aromatic amines is 1. The quantitative estimate of drug-likeness (QED) is 0.619. The van der Waals surface area contributed by atoms with Crippen molar-refractivity contribution in [3.63, 3.8) is 0 Å². The molecule has 0 aliphatic carbocycles. The van der Waals surface area contributed by atoms with Gasteiger partial charge in [-0.15, -0.1) is 0 Å². The summed E-state index contributed by atoms with van der Waals surface area (Å²) in [5.41, 5.74) is 3.71. The zero-order valence-corrected chi connectivity index (χ0v) is 12.5. The molecule has 23 heavy (non-hydrogen) atoms. The molecule has 2 aromatic carbocycles. The third-order valence-electron chi connectivity index (χ3n) is 3.83. The highest BCUT2D eigenvalue weighted by atomic mass is 16.1. The summed E-state index contributed by atoms with van der Waals surface area (Å²) in [6, 6.07) is 19.6. The third-order valence-corrected chi connectivity index (χ3v) is 3.83. The van der Waals surface area contributed by atoms with Gasteiger partial charge in [0.2, 0.25) is 0 Å². The van der Waals surface area contributed by atoms with E-state index < -0.39 is 0 Å². The minimum Gasteiger partial charge on any atom is -0.267 e. The Labute approximate surface area is 132 Å². The van der Waals surface area contributed by atoms with Crippen LogP contribution in [0.15, 0.2) is 65.5 Å². The summed E-state index contributed by atoms with van der Waals surface area (Å²) in [6.07, 6.45) is 0. The van der Waals surface area contributed by atoms with E-state index >= 15 is 0 Å². The molecule has 4 aromatic rings. The first kappa shape index (κ1) is 13.5. The maximum Gasteiger partial charge on any atom is 0.275 e. The molecular formula is C18H14N4O. The second kappa shape index (κ2) is 5.21. The van der Waals surface area contributed by atoms with E-state index in [1.807, 2.05) is 72.3 Å². The van der Waals surface area contributed by atoms with Crippen molar-refractivity contribution in [3.8, 4) is 16.9 Å². The van der Waals surface area contributed by atoms with Crippen molar-refractivity contribution in [2.75, 3.05) is 0 Å². The van der Waals surface area contributed by atoms with Crippen LogP contribution in [0.2, 0.25) is 0 Å². The molecule has 5 nitrogen and oxygen atoms in total. The summed E-state index contributed by atoms with van der Waals surface area (Å²) >= 11 is 0. The highest BCUT2D eigenvalue weighted by molar-refractivity contribution is 5.94. The van der Waals surface area contributed by atoms with Crippen LogP contribution in [0, 0.1) is 6.92 Å². The molecule has 0 amide bonds. The Morgan fingerprint density at radius 3 is 2.30 bits per heavy atom. The first-order chi connectivity index (χ1) is 11.3. The summed E-state index contributed by atoms with van der Waals surface area (Å²) in [5, 5.41) is 11.8. The second-order valence-electron chi connectivity index (χ2n) is 5.32. The zero-order valence-electron chi connectivity index (χ0n) is 12.5. The molecule has 112 valence electrons. The molecule has 0 fully saturated rings. The maximum atomic E-state index is 12.4. The van der Waals surface area contributed by atoms with E-state index in [0.717, 1.165) is 16.9 Å². The van der Waals surface area contributed by atoms with Crippen LogP contribution in [-0.4, -0.2) is 20.0 Å². The van der Waals surface area contributed by atoms with Gasteiger partial charge in [0.25, 0.3) is 5.56 Å². The normalized spacial score (nSPS) is 11.0. The van der Waals surface area contributed by atoms with Crippen LogP contribution < -0.4 is 5.56 Å². The number of hydrogen-bond donors (Lipinski definition) is 1. The van der Waals surface area contributed by atoms with Gasteiger partial charge in [-0.05, 0) is 19.1 Å². The lowest BCUT2D eigenvalue weighted by molar-refractivity contribution is 0.896. The van der Waals surface area contributed by atoms with Gasteiger partial charge in [0.1, 0.15) is 5.52 Å². The van der Waals surface area contributed by atoms with Crippen LogP contribution >= 0.6 is 0 Å². The van der Waals surface area contributed by atoms with E-state index in [2.05, 4.69) is 15.3 Å². The predicted octanol–water partition coefficient (Wildman–Crippen LogP) is 3.08. The molecule has 0 radical (unpaired) electrons. The average molecular weight is 302 g/mol. The number of benzene rings is 2. The lowest BCUT2D eigenvalue weighted by Crippen LogP contribution is -2.09. The van der Waals surface area contributed by atoms with Gasteiger partial charge in [0, 0.05) is 5.56 Å². The Morgan fingerprint density at radius 2 is 1.61 bits per heavy atom. The van der Waals surface area contributed by atoms with E-state index in [1.165, 1.54) is 0 Å². The Hall–Kier alpha value is -3.21. The minimum atomic E-state index is -0.230. The fourth-order valence-electron chi connectivity index (χ4n) is 2.75. The lowest BCUT2D eigenvalue weighted by atomic mass is 10.1. The predicted molar refractivity (Wildman–Crippen MR) is 89.7 cm³/mol. The summed E-state index contributed by atoms with van der Waals surface area (Å²) < 4.78 is 1.81. The van der Waals surface area contributed by atoms with Crippen LogP contribution in [-0.2, 0) is 0 Å². The average Bonchev–Trinajstić information content (AvgIpc) is 3.02. The van der Waals surface area contributed by atoms with E-state index in [0.29, 0.717) is 16.6 Å². The SMILES string of the molecule is Cc1n[nH]c(=O)c2c(-c3ccccc3)n(-c3ccccc3)nc12. The molecule has 0 aliphatic heterocycles. The summed E-state index contributed by atoms with van der Waals surface area (Å²) in [5.74, 6) is 0. The molecule has 0 saturated heterocycles. The highest BCUT2D eigenvalue weighted by Gasteiger charge is 2.19. The zero-order chi connectivity index (χ0) is 15.8. The molecule has 0 aliphatic rings. The van der Waals surface area contributed by atoms with Gasteiger partial charge in [0.15, 0.2) is 0 Å². The molecule has 2 aromatic heterocycles. The number of aryl methyl sites for hydroxylation is 1. The number of H-pyrrole nitrogens is 1. The number of aromatic nitrogens is 4. The van der Waals surface area contributed by atoms with Crippen molar-refractivity contribution in [2.45, 2.75) is 6.92 Å². The second-order valence-corrected chi connectivity index (χ2v) is 5.32. The molecule has 1 N–H and O–H groups in total. The first-order valence-corrected chi connectivity index (χ1v) is 7.34. The number of fused-ring (bicyclic) bond motifs is 1. The van der Waals surface area contributed by atoms with Crippen molar-refractivity contribution < 1.29 is 0 Å². The Kier molecular flexibility index (Phi) is 3.05. The van der Waals surface area contributed by atoms with Crippen molar-refractivity contribution in [1.82, 2.24) is 20.0 Å². The van der Waals surface area contributed by atoms with E-state index in [1.54, 1.807) is 0 Å². The summed E-state index contributed by atoms with van der Waals surface area (Å²) in [6.45, 7) is 1.84. The van der Waals surface area contributed by atoms with Gasteiger partial charge in [-0.1, -0.05) is 48.5 Å². The fourth-order valence-corrected chi connectivity index (χ4v) is 2.75. The molecule has 5 heteroatoms. The van der Waals surface area contributed by atoms with Gasteiger partial charge >= 0.3 is 0 Å². The molecule has 0 atom stereocenters. The number of rotatable bonds is 2. The van der Waals surface area contributed by atoms with Crippen LogP contribution in [0.1, 0.15) is 5.69 Å². The number of nitrogens with one attached hydrogen (secondary N) is 1. The van der Waals surface area contributed by atoms with Crippen molar-refractivity contribution >= 4 is 10.9 Å². The molecular weight excluding hydrogens is 288 g/mol. The molecule has 0 spiro atoms. The fraction of sp³-hybridized carbons (Fsp3) is 0.0556. The molecule has 0 bridgehead atoms. The largest absolute Gasteiger partial charge is 0.275 e. The molecule has 0 unspecified atom stereocenters. The van der Waals surface area contributed by atoms with Gasteiger partial charge < -0.3 is 0 Å². The standard InChI is InChI=1S/C18H14N4O/c1-12-16-15(18(23)20-19-12)17(13-8-4-2-5-9-13)22(21-16)14-10-6-3-7-11-14/h2-11H,1H3,(H,20,23). The van der Waals surface area contributed by atoms with Gasteiger partial charge in [0.05, 0.1) is 22.5 Å². The monoisotopic (exact) mass is 302 g/mol. The van der Waals surface area contributed by atoms with Crippen LogP contribution in [0.4, 0.5) is 0 Å². The molecule has 2 heterocycles. The van der Waals surface area contributed by atoms with Crippen LogP contribution in [0.3, 0.4) is 0 Å². The highest BCUT2D eigenvalue weighted by Crippen LogP contribution is 2.29. The van der Waals surface area contributed by atoms with E-state index in [-0.39, 0.29) is 5.56 Å². The van der Waals surface area contributed by atoms with E-state index in [9.17, 15) is 4.79 Å². The smallest absolute Gasteiger partial charge is 0.267 e. The number of nitrogens with zero attached hydrogens (tertiary/aromatic N) is 3. The maximum absolute atomic E-state index is 12.4. The minimum absolute atomic E-state index is 0.230. The van der Waals surface area contributed by atoms with Gasteiger partial charge in [-0.25, -0.2) is 9.78 Å². The Bertz CT molecular complexity index is 1030. The Morgan fingerprint density at radius 1 is 0.957 bits per heavy atom.